The Kier molecular flexibility index (Phi) is 1.94. The van der Waals surface area contributed by atoms with Gasteiger partial charge >= 0.3 is 0 Å². The van der Waals surface area contributed by atoms with Crippen LogP contribution in [0.2, 0.25) is 0 Å². The van der Waals surface area contributed by atoms with Crippen LogP contribution in [0.15, 0.2) is 11.3 Å². The van der Waals surface area contributed by atoms with E-state index in [0.717, 1.165) is 5.76 Å². The average molecular weight is 141 g/mol. The van der Waals surface area contributed by atoms with Crippen molar-refractivity contribution in [2.75, 3.05) is 13.2 Å². The lowest BCUT2D eigenvalue weighted by Crippen LogP contribution is -2.24. The predicted molar refractivity (Wildman–Crippen MR) is 37.3 cm³/mol. The van der Waals surface area contributed by atoms with Gasteiger partial charge in [0.15, 0.2) is 0 Å². The lowest BCUT2D eigenvalue weighted by molar-refractivity contribution is -0.117. The summed E-state index contributed by atoms with van der Waals surface area (Å²) in [5.74, 6) is 0.713. The number of ether oxygens (including phenoxy) is 1. The number of carbonyl (C=O) groups is 1. The van der Waals surface area contributed by atoms with Crippen LogP contribution in [-0.2, 0) is 9.53 Å². The highest BCUT2D eigenvalue weighted by molar-refractivity contribution is 5.93. The van der Waals surface area contributed by atoms with E-state index in [1.54, 1.807) is 13.8 Å². The molecule has 1 aliphatic rings. The van der Waals surface area contributed by atoms with Gasteiger partial charge in [0, 0.05) is 0 Å². The van der Waals surface area contributed by atoms with Crippen molar-refractivity contribution in [1.82, 2.24) is 5.32 Å². The predicted octanol–water partition coefficient (Wildman–Crippen LogP) is 0.427. The first-order chi connectivity index (χ1) is 4.72. The third-order valence-corrected chi connectivity index (χ3v) is 1.57. The molecule has 0 aliphatic carbocycles. The van der Waals surface area contributed by atoms with Gasteiger partial charge in [0.25, 0.3) is 0 Å². The van der Waals surface area contributed by atoms with E-state index in [1.807, 2.05) is 0 Å². The standard InChI is InChI=1S/C7H11NO2/c1-5-6(2)10-4-3-8-7(5)9/h3-4H2,1-2H3,(H,8,9). The van der Waals surface area contributed by atoms with Crippen LogP contribution in [0.1, 0.15) is 13.8 Å². The quantitative estimate of drug-likeness (QED) is 0.531. The van der Waals surface area contributed by atoms with E-state index in [0.29, 0.717) is 18.7 Å². The fourth-order valence-electron chi connectivity index (χ4n) is 0.769. The van der Waals surface area contributed by atoms with Crippen LogP contribution >= 0.6 is 0 Å². The van der Waals surface area contributed by atoms with E-state index in [-0.39, 0.29) is 5.91 Å². The van der Waals surface area contributed by atoms with Crippen LogP contribution in [-0.4, -0.2) is 19.1 Å². The van der Waals surface area contributed by atoms with Gasteiger partial charge in [-0.25, -0.2) is 0 Å². The molecule has 0 bridgehead atoms. The van der Waals surface area contributed by atoms with E-state index >= 15 is 0 Å². The summed E-state index contributed by atoms with van der Waals surface area (Å²) in [4.78, 5) is 11.0. The third-order valence-electron chi connectivity index (χ3n) is 1.57. The minimum atomic E-state index is -0.0185. The molecule has 3 heteroatoms. The Labute approximate surface area is 60.1 Å². The zero-order chi connectivity index (χ0) is 7.56. The van der Waals surface area contributed by atoms with E-state index in [2.05, 4.69) is 5.32 Å². The molecule has 1 aliphatic heterocycles. The minimum absolute atomic E-state index is 0.0185. The van der Waals surface area contributed by atoms with E-state index < -0.39 is 0 Å². The summed E-state index contributed by atoms with van der Waals surface area (Å²) in [5, 5.41) is 2.70. The first-order valence-corrected chi connectivity index (χ1v) is 3.30. The van der Waals surface area contributed by atoms with Crippen molar-refractivity contribution in [1.29, 1.82) is 0 Å². The molecule has 0 saturated heterocycles. The lowest BCUT2D eigenvalue weighted by atomic mass is 10.2. The van der Waals surface area contributed by atoms with Crippen LogP contribution in [0, 0.1) is 0 Å². The van der Waals surface area contributed by atoms with Gasteiger partial charge in [0.1, 0.15) is 12.4 Å². The smallest absolute Gasteiger partial charge is 0.250 e. The SMILES string of the molecule is CC1=C(C)C(=O)NCCO1. The Morgan fingerprint density at radius 3 is 2.90 bits per heavy atom. The molecule has 10 heavy (non-hydrogen) atoms. The second kappa shape index (κ2) is 2.73. The van der Waals surface area contributed by atoms with Gasteiger partial charge < -0.3 is 10.1 Å². The topological polar surface area (TPSA) is 38.3 Å². The number of carbonyl (C=O) groups excluding carboxylic acids is 1. The highest BCUT2D eigenvalue weighted by Gasteiger charge is 2.11. The largest absolute Gasteiger partial charge is 0.496 e. The first-order valence-electron chi connectivity index (χ1n) is 3.30. The highest BCUT2D eigenvalue weighted by atomic mass is 16.5. The summed E-state index contributed by atoms with van der Waals surface area (Å²) < 4.78 is 5.18. The molecule has 1 N–H and O–H groups in total. The summed E-state index contributed by atoms with van der Waals surface area (Å²) in [6.07, 6.45) is 0. The third kappa shape index (κ3) is 1.29. The number of rotatable bonds is 0. The van der Waals surface area contributed by atoms with Gasteiger partial charge in [-0.2, -0.15) is 0 Å². The van der Waals surface area contributed by atoms with Gasteiger partial charge in [-0.05, 0) is 13.8 Å². The molecule has 0 fully saturated rings. The molecular weight excluding hydrogens is 130 g/mol. The zero-order valence-corrected chi connectivity index (χ0v) is 6.23. The summed E-state index contributed by atoms with van der Waals surface area (Å²) in [6.45, 7) is 4.75. The Morgan fingerprint density at radius 1 is 1.50 bits per heavy atom. The fourth-order valence-corrected chi connectivity index (χ4v) is 0.769. The molecule has 0 atom stereocenters. The van der Waals surface area contributed by atoms with Crippen LogP contribution in [0.4, 0.5) is 0 Å². The highest BCUT2D eigenvalue weighted by Crippen LogP contribution is 2.06. The first kappa shape index (κ1) is 7.12. The molecule has 1 heterocycles. The molecule has 0 aromatic carbocycles. The number of hydrogen-bond donors (Lipinski definition) is 1. The zero-order valence-electron chi connectivity index (χ0n) is 6.23. The Balaban J connectivity index is 2.79. The number of allylic oxidation sites excluding steroid dienone is 1. The Bertz CT molecular complexity index is 184. The maximum Gasteiger partial charge on any atom is 0.250 e. The Morgan fingerprint density at radius 2 is 2.20 bits per heavy atom. The molecule has 56 valence electrons. The average Bonchev–Trinajstić information content (AvgIpc) is 2.04. The molecule has 0 aromatic rings. The van der Waals surface area contributed by atoms with Crippen molar-refractivity contribution in [3.8, 4) is 0 Å². The van der Waals surface area contributed by atoms with Gasteiger partial charge in [0.05, 0.1) is 12.1 Å². The van der Waals surface area contributed by atoms with Gasteiger partial charge in [-0.15, -0.1) is 0 Å². The van der Waals surface area contributed by atoms with Crippen LogP contribution in [0.5, 0.6) is 0 Å². The van der Waals surface area contributed by atoms with E-state index in [4.69, 9.17) is 4.74 Å². The van der Waals surface area contributed by atoms with Crippen LogP contribution < -0.4 is 5.32 Å². The van der Waals surface area contributed by atoms with Crippen molar-refractivity contribution in [2.45, 2.75) is 13.8 Å². The molecule has 0 radical (unpaired) electrons. The Hall–Kier alpha value is -0.990. The van der Waals surface area contributed by atoms with Gasteiger partial charge in [-0.3, -0.25) is 4.79 Å². The van der Waals surface area contributed by atoms with Crippen molar-refractivity contribution >= 4 is 5.91 Å². The fraction of sp³-hybridized carbons (Fsp3) is 0.571. The molecule has 0 saturated carbocycles. The minimum Gasteiger partial charge on any atom is -0.496 e. The van der Waals surface area contributed by atoms with E-state index in [1.165, 1.54) is 0 Å². The second-order valence-corrected chi connectivity index (χ2v) is 2.29. The normalized spacial score (nSPS) is 19.6. The molecule has 1 rings (SSSR count). The van der Waals surface area contributed by atoms with Gasteiger partial charge in [0.2, 0.25) is 5.91 Å². The number of amides is 1. The molecule has 0 aromatic heterocycles. The van der Waals surface area contributed by atoms with Crippen LogP contribution in [0.25, 0.3) is 0 Å². The summed E-state index contributed by atoms with van der Waals surface area (Å²) in [5.41, 5.74) is 0.678. The van der Waals surface area contributed by atoms with Crippen LogP contribution in [0.3, 0.4) is 0 Å². The molecule has 0 unspecified atom stereocenters. The summed E-state index contributed by atoms with van der Waals surface area (Å²) in [6, 6.07) is 0. The molecular formula is C7H11NO2. The maximum atomic E-state index is 11.0. The summed E-state index contributed by atoms with van der Waals surface area (Å²) >= 11 is 0. The van der Waals surface area contributed by atoms with Crippen molar-refractivity contribution in [2.24, 2.45) is 0 Å². The molecule has 1 amide bonds. The van der Waals surface area contributed by atoms with Crippen molar-refractivity contribution in [3.63, 3.8) is 0 Å². The molecule has 0 spiro atoms. The lowest BCUT2D eigenvalue weighted by Gasteiger charge is -2.00. The number of nitrogens with one attached hydrogen (secondary N) is 1. The van der Waals surface area contributed by atoms with E-state index in [9.17, 15) is 4.79 Å². The molecule has 3 nitrogen and oxygen atoms in total. The van der Waals surface area contributed by atoms with Crippen molar-refractivity contribution < 1.29 is 9.53 Å². The maximum absolute atomic E-state index is 11.0. The van der Waals surface area contributed by atoms with Gasteiger partial charge in [-0.1, -0.05) is 0 Å². The monoisotopic (exact) mass is 141 g/mol. The second-order valence-electron chi connectivity index (χ2n) is 2.29. The summed E-state index contributed by atoms with van der Waals surface area (Å²) in [7, 11) is 0. The number of hydrogen-bond acceptors (Lipinski definition) is 2. The van der Waals surface area contributed by atoms with Crippen molar-refractivity contribution in [3.05, 3.63) is 11.3 Å².